The van der Waals surface area contributed by atoms with Gasteiger partial charge in [-0.15, -0.1) is 11.3 Å². The van der Waals surface area contributed by atoms with Crippen LogP contribution in [0.2, 0.25) is 0 Å². The van der Waals surface area contributed by atoms with Gasteiger partial charge < -0.3 is 4.57 Å². The summed E-state index contributed by atoms with van der Waals surface area (Å²) in [5.74, 6) is 0.900. The van der Waals surface area contributed by atoms with Gasteiger partial charge in [0.05, 0.1) is 19.7 Å². The number of hydrogen-bond acceptors (Lipinski definition) is 3. The minimum Gasteiger partial charge on any atom is -0.326 e. The lowest BCUT2D eigenvalue weighted by atomic mass is 10.2. The third-order valence-corrected chi connectivity index (χ3v) is 5.24. The van der Waals surface area contributed by atoms with Gasteiger partial charge in [0.1, 0.15) is 11.6 Å². The lowest BCUT2D eigenvalue weighted by Gasteiger charge is -1.98. The molecule has 0 aliphatic rings. The van der Waals surface area contributed by atoms with Crippen LogP contribution in [-0.4, -0.2) is 9.55 Å². The molecular formula is C14H10BrN3S. The minimum absolute atomic E-state index is 0.617. The van der Waals surface area contributed by atoms with Crippen LogP contribution in [0.25, 0.3) is 21.7 Å². The maximum Gasteiger partial charge on any atom is 0.151 e. The van der Waals surface area contributed by atoms with Gasteiger partial charge in [-0.1, -0.05) is 6.07 Å². The molecule has 3 aromatic rings. The zero-order valence-corrected chi connectivity index (χ0v) is 12.8. The minimum atomic E-state index is 0.617. The van der Waals surface area contributed by atoms with Crippen molar-refractivity contribution in [2.45, 2.75) is 6.92 Å². The smallest absolute Gasteiger partial charge is 0.151 e. The second-order valence-corrected chi connectivity index (χ2v) is 6.72. The molecule has 0 aliphatic heterocycles. The van der Waals surface area contributed by atoms with E-state index in [1.807, 2.05) is 23.7 Å². The third-order valence-electron chi connectivity index (χ3n) is 3.11. The number of fused-ring (bicyclic) bond motifs is 1. The van der Waals surface area contributed by atoms with E-state index in [-0.39, 0.29) is 0 Å². The Morgan fingerprint density at radius 2 is 2.21 bits per heavy atom. The first kappa shape index (κ1) is 12.4. The summed E-state index contributed by atoms with van der Waals surface area (Å²) in [5.41, 5.74) is 3.57. The lowest BCUT2D eigenvalue weighted by Crippen LogP contribution is -1.90. The molecule has 0 amide bonds. The zero-order valence-electron chi connectivity index (χ0n) is 10.4. The van der Waals surface area contributed by atoms with Crippen molar-refractivity contribution in [3.8, 4) is 16.8 Å². The van der Waals surface area contributed by atoms with E-state index in [2.05, 4.69) is 40.0 Å². The van der Waals surface area contributed by atoms with Gasteiger partial charge in [-0.25, -0.2) is 4.98 Å². The second kappa shape index (κ2) is 4.48. The number of halogens is 1. The van der Waals surface area contributed by atoms with Gasteiger partial charge >= 0.3 is 0 Å². The fraction of sp³-hybridized carbons (Fsp3) is 0.143. The normalized spacial score (nSPS) is 10.8. The maximum atomic E-state index is 9.15. The molecular weight excluding hydrogens is 322 g/mol. The summed E-state index contributed by atoms with van der Waals surface area (Å²) >= 11 is 5.20. The topological polar surface area (TPSA) is 41.6 Å². The molecule has 0 spiro atoms. The molecule has 2 heterocycles. The molecule has 5 heteroatoms. The summed E-state index contributed by atoms with van der Waals surface area (Å²) in [6.45, 7) is 2.06. The Bertz CT molecular complexity index is 804. The van der Waals surface area contributed by atoms with E-state index in [9.17, 15) is 0 Å². The predicted octanol–water partition coefficient (Wildman–Crippen LogP) is 4.24. The van der Waals surface area contributed by atoms with Gasteiger partial charge in [-0.3, -0.25) is 0 Å². The van der Waals surface area contributed by atoms with Crippen molar-refractivity contribution in [3.05, 3.63) is 39.2 Å². The average Bonchev–Trinajstić information content (AvgIpc) is 2.91. The molecule has 0 bridgehead atoms. The molecule has 0 N–H and O–H groups in total. The first-order valence-corrected chi connectivity index (χ1v) is 7.34. The van der Waals surface area contributed by atoms with Crippen molar-refractivity contribution in [2.75, 3.05) is 0 Å². The Hall–Kier alpha value is -1.64. The molecule has 0 saturated heterocycles. The Balaban J connectivity index is 2.31. The van der Waals surface area contributed by atoms with Crippen molar-refractivity contribution >= 4 is 38.3 Å². The lowest BCUT2D eigenvalue weighted by molar-refractivity contribution is 0.963. The standard InChI is InChI=1S/C14H10BrN3S/c1-8-6-11(19-13(8)15)14-17-12-9(7-16)4-3-5-10(12)18(14)2/h3-6H,1-2H3. The Morgan fingerprint density at radius 1 is 1.42 bits per heavy atom. The van der Waals surface area contributed by atoms with E-state index < -0.39 is 0 Å². The molecule has 0 fully saturated rings. The summed E-state index contributed by atoms with van der Waals surface area (Å²) < 4.78 is 3.16. The molecule has 19 heavy (non-hydrogen) atoms. The molecule has 0 radical (unpaired) electrons. The third kappa shape index (κ3) is 1.88. The highest BCUT2D eigenvalue weighted by molar-refractivity contribution is 9.11. The van der Waals surface area contributed by atoms with Gasteiger partial charge in [0.25, 0.3) is 0 Å². The van der Waals surface area contributed by atoms with E-state index in [4.69, 9.17) is 5.26 Å². The van der Waals surface area contributed by atoms with Gasteiger partial charge in [0.15, 0.2) is 5.82 Å². The van der Waals surface area contributed by atoms with Gasteiger partial charge in [-0.2, -0.15) is 5.26 Å². The number of nitrogens with zero attached hydrogens (tertiary/aromatic N) is 3. The first-order valence-electron chi connectivity index (χ1n) is 5.73. The Labute approximate surface area is 123 Å². The fourth-order valence-corrected chi connectivity index (χ4v) is 3.66. The molecule has 1 aromatic carbocycles. The van der Waals surface area contributed by atoms with Crippen molar-refractivity contribution in [3.63, 3.8) is 0 Å². The van der Waals surface area contributed by atoms with Crippen LogP contribution in [0.4, 0.5) is 0 Å². The molecule has 0 unspecified atom stereocenters. The van der Waals surface area contributed by atoms with E-state index in [0.29, 0.717) is 5.56 Å². The van der Waals surface area contributed by atoms with E-state index in [0.717, 1.165) is 25.5 Å². The van der Waals surface area contributed by atoms with Crippen molar-refractivity contribution < 1.29 is 0 Å². The average molecular weight is 332 g/mol. The number of rotatable bonds is 1. The van der Waals surface area contributed by atoms with Crippen LogP contribution in [0, 0.1) is 18.3 Å². The highest BCUT2D eigenvalue weighted by atomic mass is 79.9. The van der Waals surface area contributed by atoms with Crippen LogP contribution < -0.4 is 0 Å². The van der Waals surface area contributed by atoms with Crippen LogP contribution >= 0.6 is 27.3 Å². The predicted molar refractivity (Wildman–Crippen MR) is 81.2 cm³/mol. The van der Waals surface area contributed by atoms with E-state index >= 15 is 0 Å². The Kier molecular flexibility index (Phi) is 2.92. The molecule has 94 valence electrons. The van der Waals surface area contributed by atoms with Crippen LogP contribution in [-0.2, 0) is 7.05 Å². The monoisotopic (exact) mass is 331 g/mol. The van der Waals surface area contributed by atoms with Crippen LogP contribution in [0.5, 0.6) is 0 Å². The van der Waals surface area contributed by atoms with Crippen molar-refractivity contribution in [2.24, 2.45) is 7.05 Å². The number of para-hydroxylation sites is 1. The van der Waals surface area contributed by atoms with Gasteiger partial charge in [0.2, 0.25) is 0 Å². The number of benzene rings is 1. The number of aryl methyl sites for hydroxylation is 2. The Morgan fingerprint density at radius 3 is 2.84 bits per heavy atom. The van der Waals surface area contributed by atoms with Crippen molar-refractivity contribution in [1.29, 1.82) is 5.26 Å². The van der Waals surface area contributed by atoms with Crippen molar-refractivity contribution in [1.82, 2.24) is 9.55 Å². The fourth-order valence-electron chi connectivity index (χ4n) is 2.10. The number of hydrogen-bond donors (Lipinski definition) is 0. The number of thiophene rings is 1. The van der Waals surface area contributed by atoms with Crippen LogP contribution in [0.15, 0.2) is 28.1 Å². The molecule has 0 saturated carbocycles. The van der Waals surface area contributed by atoms with Crippen LogP contribution in [0.1, 0.15) is 11.1 Å². The molecule has 3 rings (SSSR count). The molecule has 0 atom stereocenters. The quantitative estimate of drug-likeness (QED) is 0.669. The zero-order chi connectivity index (χ0) is 13.6. The van der Waals surface area contributed by atoms with Gasteiger partial charge in [-0.05, 0) is 46.6 Å². The summed E-state index contributed by atoms with van der Waals surface area (Å²) in [4.78, 5) is 5.74. The second-order valence-electron chi connectivity index (χ2n) is 4.35. The first-order chi connectivity index (χ1) is 9.11. The summed E-state index contributed by atoms with van der Waals surface area (Å²) in [7, 11) is 1.98. The van der Waals surface area contributed by atoms with E-state index in [1.54, 1.807) is 17.4 Å². The molecule has 3 nitrogen and oxygen atoms in total. The SMILES string of the molecule is Cc1cc(-c2nc3c(C#N)cccc3n2C)sc1Br. The summed E-state index contributed by atoms with van der Waals surface area (Å²) in [6.07, 6.45) is 0. The summed E-state index contributed by atoms with van der Waals surface area (Å²) in [6, 6.07) is 9.99. The highest BCUT2D eigenvalue weighted by Gasteiger charge is 2.15. The number of imidazole rings is 1. The largest absolute Gasteiger partial charge is 0.326 e. The highest BCUT2D eigenvalue weighted by Crippen LogP contribution is 2.35. The van der Waals surface area contributed by atoms with E-state index in [1.165, 1.54) is 5.56 Å². The molecule has 0 aliphatic carbocycles. The number of nitriles is 1. The molecule has 2 aromatic heterocycles. The number of aromatic nitrogens is 2. The van der Waals surface area contributed by atoms with Crippen LogP contribution in [0.3, 0.4) is 0 Å². The maximum absolute atomic E-state index is 9.15. The summed E-state index contributed by atoms with van der Waals surface area (Å²) in [5, 5.41) is 9.15. The van der Waals surface area contributed by atoms with Gasteiger partial charge in [0, 0.05) is 7.05 Å².